The van der Waals surface area contributed by atoms with Crippen LogP contribution in [0.4, 0.5) is 0 Å². The van der Waals surface area contributed by atoms with E-state index in [0.717, 1.165) is 20.8 Å². The van der Waals surface area contributed by atoms with E-state index in [1.54, 1.807) is 0 Å². The van der Waals surface area contributed by atoms with Gasteiger partial charge in [0.1, 0.15) is 0 Å². The van der Waals surface area contributed by atoms with Crippen molar-refractivity contribution >= 4 is 33.5 Å². The Kier molecular flexibility index (Phi) is 3.03. The van der Waals surface area contributed by atoms with Crippen molar-refractivity contribution in [3.05, 3.63) is 70.8 Å². The third-order valence-electron chi connectivity index (χ3n) is 3.58. The van der Waals surface area contributed by atoms with Gasteiger partial charge in [0.15, 0.2) is 3.83 Å². The summed E-state index contributed by atoms with van der Waals surface area (Å²) < 4.78 is 3.11. The van der Waals surface area contributed by atoms with Crippen molar-refractivity contribution in [2.45, 2.75) is 0 Å². The first-order valence-corrected chi connectivity index (χ1v) is 7.76. The van der Waals surface area contributed by atoms with Crippen LogP contribution >= 0.6 is 22.6 Å². The average molecular weight is 385 g/mol. The third kappa shape index (κ3) is 2.25. The predicted molar refractivity (Wildman–Crippen MR) is 93.6 cm³/mol. The lowest BCUT2D eigenvalue weighted by Gasteiger charge is -2.07. The van der Waals surface area contributed by atoms with Gasteiger partial charge < -0.3 is 9.55 Å². The first-order valence-electron chi connectivity index (χ1n) is 6.69. The normalized spacial score (nSPS) is 11.1. The van der Waals surface area contributed by atoms with E-state index in [4.69, 9.17) is 0 Å². The molecule has 0 saturated heterocycles. The number of rotatable bonds is 2. The van der Waals surface area contributed by atoms with Crippen LogP contribution in [0, 0.1) is 3.83 Å². The smallest absolute Gasteiger partial charge is 0.169 e. The van der Waals surface area contributed by atoms with Gasteiger partial charge in [-0.05, 0) is 52.2 Å². The summed E-state index contributed by atoms with van der Waals surface area (Å²) in [5.74, 6) is 0. The molecule has 2 heterocycles. The van der Waals surface area contributed by atoms with Crippen molar-refractivity contribution in [2.24, 2.45) is 0 Å². The van der Waals surface area contributed by atoms with Crippen LogP contribution in [-0.2, 0) is 0 Å². The molecule has 4 heteroatoms. The molecule has 0 atom stereocenters. The number of hydrogen-bond acceptors (Lipinski definition) is 1. The number of para-hydroxylation sites is 1. The molecule has 0 unspecified atom stereocenters. The zero-order valence-electron chi connectivity index (χ0n) is 11.1. The van der Waals surface area contributed by atoms with Gasteiger partial charge in [0.2, 0.25) is 0 Å². The van der Waals surface area contributed by atoms with E-state index in [9.17, 15) is 0 Å². The van der Waals surface area contributed by atoms with Gasteiger partial charge in [0.25, 0.3) is 0 Å². The predicted octanol–water partition coefficient (Wildman–Crippen LogP) is 4.63. The van der Waals surface area contributed by atoms with Gasteiger partial charge in [-0.15, -0.1) is 0 Å². The lowest BCUT2D eigenvalue weighted by molar-refractivity contribution is 1.13. The maximum absolute atomic E-state index is 4.26. The molecule has 21 heavy (non-hydrogen) atoms. The summed E-state index contributed by atoms with van der Waals surface area (Å²) in [6, 6.07) is 19.0. The number of aromatic amines is 1. The fourth-order valence-electron chi connectivity index (χ4n) is 2.58. The van der Waals surface area contributed by atoms with Crippen LogP contribution in [-0.4, -0.2) is 14.5 Å². The summed E-state index contributed by atoms with van der Waals surface area (Å²) in [4.78, 5) is 7.53. The molecule has 102 valence electrons. The lowest BCUT2D eigenvalue weighted by atomic mass is 10.1. The maximum atomic E-state index is 4.26. The Morgan fingerprint density at radius 2 is 1.90 bits per heavy atom. The highest BCUT2D eigenvalue weighted by Gasteiger charge is 2.06. The molecule has 1 N–H and O–H groups in total. The van der Waals surface area contributed by atoms with E-state index < -0.39 is 0 Å². The Bertz CT molecular complexity index is 920. The van der Waals surface area contributed by atoms with Crippen molar-refractivity contribution in [1.29, 1.82) is 0 Å². The van der Waals surface area contributed by atoms with Gasteiger partial charge in [-0.2, -0.15) is 0 Å². The van der Waals surface area contributed by atoms with E-state index in [1.807, 2.05) is 6.20 Å². The van der Waals surface area contributed by atoms with Crippen LogP contribution in [0.15, 0.2) is 67.0 Å². The minimum atomic E-state index is 0.902. The molecule has 0 fully saturated rings. The summed E-state index contributed by atoms with van der Waals surface area (Å²) >= 11 is 2.19. The van der Waals surface area contributed by atoms with E-state index in [-0.39, 0.29) is 0 Å². The van der Waals surface area contributed by atoms with Gasteiger partial charge in [0, 0.05) is 17.4 Å². The summed E-state index contributed by atoms with van der Waals surface area (Å²) in [6.45, 7) is 0. The molecular formula is C17H12IN3. The molecule has 0 spiro atoms. The number of fused-ring (bicyclic) bond motifs is 1. The molecule has 0 aliphatic rings. The fourth-order valence-corrected chi connectivity index (χ4v) is 3.00. The third-order valence-corrected chi connectivity index (χ3v) is 4.13. The average Bonchev–Trinajstić information content (AvgIpc) is 3.13. The van der Waals surface area contributed by atoms with Crippen molar-refractivity contribution < 1.29 is 0 Å². The maximum Gasteiger partial charge on any atom is 0.169 e. The quantitative estimate of drug-likeness (QED) is 0.502. The highest BCUT2D eigenvalue weighted by molar-refractivity contribution is 14.1. The van der Waals surface area contributed by atoms with Crippen molar-refractivity contribution in [3.63, 3.8) is 0 Å². The number of imidazole rings is 1. The summed E-state index contributed by atoms with van der Waals surface area (Å²) in [6.07, 6.45) is 3.98. The minimum absolute atomic E-state index is 0.902. The molecule has 0 amide bonds. The van der Waals surface area contributed by atoms with Gasteiger partial charge in [-0.25, -0.2) is 4.98 Å². The number of nitrogens with zero attached hydrogens (tertiary/aromatic N) is 2. The molecule has 2 aromatic heterocycles. The van der Waals surface area contributed by atoms with Crippen molar-refractivity contribution in [2.75, 3.05) is 0 Å². The zero-order chi connectivity index (χ0) is 14.2. The fraction of sp³-hybridized carbons (Fsp3) is 0. The number of hydrogen-bond donors (Lipinski definition) is 1. The summed E-state index contributed by atoms with van der Waals surface area (Å²) in [7, 11) is 0. The number of halogens is 1. The molecule has 0 aliphatic carbocycles. The first kappa shape index (κ1) is 12.6. The van der Waals surface area contributed by atoms with Crippen LogP contribution in [0.5, 0.6) is 0 Å². The number of benzene rings is 2. The summed E-state index contributed by atoms with van der Waals surface area (Å²) in [5.41, 5.74) is 4.55. The molecule has 0 bridgehead atoms. The Balaban J connectivity index is 1.86. The largest absolute Gasteiger partial charge is 0.333 e. The first-order chi connectivity index (χ1) is 10.3. The van der Waals surface area contributed by atoms with Gasteiger partial charge in [0.05, 0.1) is 17.4 Å². The van der Waals surface area contributed by atoms with E-state index in [2.05, 4.69) is 97.9 Å². The Hall–Kier alpha value is -2.08. The molecule has 0 aliphatic heterocycles. The molecular weight excluding hydrogens is 373 g/mol. The second kappa shape index (κ2) is 5.04. The van der Waals surface area contributed by atoms with E-state index >= 15 is 0 Å². The zero-order valence-corrected chi connectivity index (χ0v) is 13.3. The van der Waals surface area contributed by atoms with Crippen LogP contribution in [0.3, 0.4) is 0 Å². The second-order valence-electron chi connectivity index (χ2n) is 4.88. The van der Waals surface area contributed by atoms with Gasteiger partial charge >= 0.3 is 0 Å². The monoisotopic (exact) mass is 385 g/mol. The number of aromatic nitrogens is 3. The summed E-state index contributed by atoms with van der Waals surface area (Å²) in [5, 5.41) is 1.25. The van der Waals surface area contributed by atoms with Gasteiger partial charge in [-0.3, -0.25) is 0 Å². The molecule has 0 saturated carbocycles. The Labute approximate surface area is 135 Å². The highest BCUT2D eigenvalue weighted by atomic mass is 127. The van der Waals surface area contributed by atoms with Gasteiger partial charge in [-0.1, -0.05) is 30.3 Å². The molecule has 3 nitrogen and oxygen atoms in total. The highest BCUT2D eigenvalue weighted by Crippen LogP contribution is 2.24. The standard InChI is InChI=1S/C17H12IN3/c18-17-19-11-15(20-17)13-5-3-6-14(10-13)21-9-8-12-4-1-2-7-16(12)21/h1-11H,(H,19,20). The Morgan fingerprint density at radius 1 is 1.00 bits per heavy atom. The van der Waals surface area contributed by atoms with Crippen LogP contribution in [0.1, 0.15) is 0 Å². The number of nitrogens with one attached hydrogen (secondary N) is 1. The number of H-pyrrole nitrogens is 1. The van der Waals surface area contributed by atoms with Crippen molar-refractivity contribution in [1.82, 2.24) is 14.5 Å². The van der Waals surface area contributed by atoms with E-state index in [0.29, 0.717) is 0 Å². The van der Waals surface area contributed by atoms with Crippen LogP contribution < -0.4 is 0 Å². The minimum Gasteiger partial charge on any atom is -0.333 e. The second-order valence-corrected chi connectivity index (χ2v) is 5.90. The molecule has 4 rings (SSSR count). The SMILES string of the molecule is Ic1ncc(-c2cccc(-n3ccc4ccccc43)c2)[nH]1. The van der Waals surface area contributed by atoms with Crippen molar-refractivity contribution in [3.8, 4) is 16.9 Å². The molecule has 4 aromatic rings. The topological polar surface area (TPSA) is 33.6 Å². The lowest BCUT2D eigenvalue weighted by Crippen LogP contribution is -1.92. The van der Waals surface area contributed by atoms with Crippen LogP contribution in [0.25, 0.3) is 27.8 Å². The Morgan fingerprint density at radius 3 is 2.76 bits per heavy atom. The molecule has 0 radical (unpaired) electrons. The van der Waals surface area contributed by atoms with E-state index in [1.165, 1.54) is 10.9 Å². The van der Waals surface area contributed by atoms with Crippen LogP contribution in [0.2, 0.25) is 0 Å². The molecule has 2 aromatic carbocycles.